The molecule has 1 saturated heterocycles. The van der Waals surface area contributed by atoms with Gasteiger partial charge in [0, 0.05) is 30.0 Å². The lowest BCUT2D eigenvalue weighted by molar-refractivity contribution is 0.0699. The van der Waals surface area contributed by atoms with Crippen LogP contribution in [0.1, 0.15) is 44.8 Å². The number of nitrogens with zero attached hydrogens (tertiary/aromatic N) is 4. The molecule has 0 unspecified atom stereocenters. The van der Waals surface area contributed by atoms with Crippen molar-refractivity contribution in [3.63, 3.8) is 0 Å². The van der Waals surface area contributed by atoms with Gasteiger partial charge in [0.1, 0.15) is 0 Å². The maximum absolute atomic E-state index is 12.6. The fourth-order valence-corrected chi connectivity index (χ4v) is 3.79. The fourth-order valence-electron chi connectivity index (χ4n) is 2.74. The van der Waals surface area contributed by atoms with Gasteiger partial charge in [-0.05, 0) is 32.8 Å². The molecule has 1 atom stereocenters. The van der Waals surface area contributed by atoms with E-state index in [0.29, 0.717) is 24.0 Å². The fraction of sp³-hybridized carbons (Fsp3) is 0.500. The first-order chi connectivity index (χ1) is 11.1. The first kappa shape index (κ1) is 15.9. The van der Waals surface area contributed by atoms with Crippen LogP contribution in [0.5, 0.6) is 5.88 Å². The zero-order valence-corrected chi connectivity index (χ0v) is 14.4. The first-order valence-electron chi connectivity index (χ1n) is 7.69. The van der Waals surface area contributed by atoms with E-state index in [1.165, 1.54) is 12.0 Å². The maximum Gasteiger partial charge on any atom is 0.274 e. The van der Waals surface area contributed by atoms with Crippen molar-refractivity contribution < 1.29 is 9.53 Å². The highest BCUT2D eigenvalue weighted by atomic mass is 32.1. The molecule has 0 aromatic carbocycles. The van der Waals surface area contributed by atoms with Crippen LogP contribution in [-0.4, -0.2) is 46.2 Å². The number of carbonyl (C=O) groups excluding carboxylic acids is 1. The molecule has 0 saturated carbocycles. The molecule has 1 amide bonds. The first-order valence-corrected chi connectivity index (χ1v) is 8.51. The average Bonchev–Trinajstić information content (AvgIpc) is 2.93. The van der Waals surface area contributed by atoms with Gasteiger partial charge < -0.3 is 9.64 Å². The monoisotopic (exact) mass is 332 g/mol. The predicted octanol–water partition coefficient (Wildman–Crippen LogP) is 2.58. The molecule has 3 heterocycles. The third-order valence-corrected chi connectivity index (χ3v) is 5.41. The van der Waals surface area contributed by atoms with Gasteiger partial charge in [0.25, 0.3) is 5.91 Å². The second kappa shape index (κ2) is 6.62. The van der Waals surface area contributed by atoms with Crippen molar-refractivity contribution in [2.45, 2.75) is 32.6 Å². The number of hydrogen-bond acceptors (Lipinski definition) is 6. The molecule has 0 N–H and O–H groups in total. The summed E-state index contributed by atoms with van der Waals surface area (Å²) >= 11 is 1.74. The van der Waals surface area contributed by atoms with Crippen molar-refractivity contribution in [3.8, 4) is 5.88 Å². The molecule has 1 aliphatic rings. The molecule has 6 nitrogen and oxygen atoms in total. The highest BCUT2D eigenvalue weighted by Crippen LogP contribution is 2.31. The second-order valence-electron chi connectivity index (χ2n) is 5.74. The third-order valence-electron chi connectivity index (χ3n) is 4.17. The summed E-state index contributed by atoms with van der Waals surface area (Å²) in [7, 11) is 1.53. The Morgan fingerprint density at radius 1 is 1.35 bits per heavy atom. The summed E-state index contributed by atoms with van der Waals surface area (Å²) in [5, 5.41) is 8.97. The van der Waals surface area contributed by atoms with E-state index in [2.05, 4.69) is 22.1 Å². The van der Waals surface area contributed by atoms with Gasteiger partial charge >= 0.3 is 0 Å². The zero-order chi connectivity index (χ0) is 16.4. The summed E-state index contributed by atoms with van der Waals surface area (Å²) in [6.45, 7) is 5.58. The Morgan fingerprint density at radius 3 is 2.78 bits per heavy atom. The van der Waals surface area contributed by atoms with E-state index in [4.69, 9.17) is 4.74 Å². The van der Waals surface area contributed by atoms with Crippen LogP contribution in [0, 0.1) is 13.8 Å². The van der Waals surface area contributed by atoms with E-state index in [1.54, 1.807) is 23.5 Å². The number of likely N-dealkylation sites (tertiary alicyclic amines) is 1. The number of ether oxygens (including phenoxy) is 1. The van der Waals surface area contributed by atoms with Gasteiger partial charge in [0.05, 0.1) is 17.8 Å². The standard InChI is InChI=1S/C16H20N4O2S/c1-10-11(2)23-15(17-10)12-5-4-8-20(9-12)16(21)13-6-7-14(22-3)19-18-13/h6-7,12H,4-5,8-9H2,1-3H3/t12-/m1/s1. The van der Waals surface area contributed by atoms with Crippen molar-refractivity contribution >= 4 is 17.2 Å². The molecule has 23 heavy (non-hydrogen) atoms. The number of aromatic nitrogens is 3. The molecule has 0 aliphatic carbocycles. The van der Waals surface area contributed by atoms with Crippen LogP contribution in [0.2, 0.25) is 0 Å². The quantitative estimate of drug-likeness (QED) is 0.864. The van der Waals surface area contributed by atoms with Crippen LogP contribution in [0.3, 0.4) is 0 Å². The summed E-state index contributed by atoms with van der Waals surface area (Å²) in [5.41, 5.74) is 1.45. The summed E-state index contributed by atoms with van der Waals surface area (Å²) < 4.78 is 4.98. The molecule has 0 radical (unpaired) electrons. The molecule has 0 spiro atoms. The Kier molecular flexibility index (Phi) is 4.56. The lowest BCUT2D eigenvalue weighted by Crippen LogP contribution is -2.39. The number of methoxy groups -OCH3 is 1. The van der Waals surface area contributed by atoms with Crippen molar-refractivity contribution in [2.75, 3.05) is 20.2 Å². The van der Waals surface area contributed by atoms with Gasteiger partial charge in [-0.2, -0.15) is 0 Å². The molecule has 3 rings (SSSR count). The van der Waals surface area contributed by atoms with Crippen LogP contribution in [0.25, 0.3) is 0 Å². The summed E-state index contributed by atoms with van der Waals surface area (Å²) in [5.74, 6) is 0.651. The van der Waals surface area contributed by atoms with Crippen LogP contribution < -0.4 is 4.74 Å². The van der Waals surface area contributed by atoms with Gasteiger partial charge in [-0.1, -0.05) is 0 Å². The van der Waals surface area contributed by atoms with Crippen LogP contribution >= 0.6 is 11.3 Å². The van der Waals surface area contributed by atoms with E-state index in [1.807, 2.05) is 11.8 Å². The number of hydrogen-bond donors (Lipinski definition) is 0. The molecular formula is C16H20N4O2S. The largest absolute Gasteiger partial charge is 0.480 e. The Balaban J connectivity index is 1.73. The number of rotatable bonds is 3. The number of aryl methyl sites for hydroxylation is 2. The van der Waals surface area contributed by atoms with Gasteiger partial charge in [0.15, 0.2) is 5.69 Å². The SMILES string of the molecule is COc1ccc(C(=O)N2CCC[C@@H](c3nc(C)c(C)s3)C2)nn1. The Morgan fingerprint density at radius 2 is 2.17 bits per heavy atom. The topological polar surface area (TPSA) is 68.2 Å². The van der Waals surface area contributed by atoms with Crippen molar-refractivity contribution in [2.24, 2.45) is 0 Å². The van der Waals surface area contributed by atoms with E-state index in [0.717, 1.165) is 30.1 Å². The van der Waals surface area contributed by atoms with Crippen LogP contribution in [-0.2, 0) is 0 Å². The molecule has 122 valence electrons. The van der Waals surface area contributed by atoms with E-state index in [9.17, 15) is 4.79 Å². The number of carbonyl (C=O) groups is 1. The summed E-state index contributed by atoms with van der Waals surface area (Å²) in [6, 6.07) is 3.32. The number of thiazole rings is 1. The van der Waals surface area contributed by atoms with Gasteiger partial charge in [-0.15, -0.1) is 21.5 Å². The number of amides is 1. The second-order valence-corrected chi connectivity index (χ2v) is 6.98. The van der Waals surface area contributed by atoms with Crippen molar-refractivity contribution in [3.05, 3.63) is 33.4 Å². The molecule has 1 aliphatic heterocycles. The highest BCUT2D eigenvalue weighted by molar-refractivity contribution is 7.11. The average molecular weight is 332 g/mol. The van der Waals surface area contributed by atoms with Crippen LogP contribution in [0.4, 0.5) is 0 Å². The highest BCUT2D eigenvalue weighted by Gasteiger charge is 2.28. The van der Waals surface area contributed by atoms with Crippen molar-refractivity contribution in [1.82, 2.24) is 20.1 Å². The molecular weight excluding hydrogens is 312 g/mol. The zero-order valence-electron chi connectivity index (χ0n) is 13.6. The van der Waals surface area contributed by atoms with Crippen molar-refractivity contribution in [1.29, 1.82) is 0 Å². The predicted molar refractivity (Wildman–Crippen MR) is 88.1 cm³/mol. The lowest BCUT2D eigenvalue weighted by atomic mass is 9.98. The van der Waals surface area contributed by atoms with Gasteiger partial charge in [-0.25, -0.2) is 4.98 Å². The lowest BCUT2D eigenvalue weighted by Gasteiger charge is -2.31. The summed E-state index contributed by atoms with van der Waals surface area (Å²) in [6.07, 6.45) is 2.06. The molecule has 1 fully saturated rings. The van der Waals surface area contributed by atoms with E-state index >= 15 is 0 Å². The molecule has 0 bridgehead atoms. The normalized spacial score (nSPS) is 18.0. The molecule has 2 aromatic heterocycles. The molecule has 7 heteroatoms. The minimum atomic E-state index is -0.0742. The Hall–Kier alpha value is -2.02. The smallest absolute Gasteiger partial charge is 0.274 e. The molecule has 2 aromatic rings. The number of piperidine rings is 1. The van der Waals surface area contributed by atoms with Gasteiger partial charge in [-0.3, -0.25) is 4.79 Å². The Labute approximate surface area is 139 Å². The minimum absolute atomic E-state index is 0.0742. The Bertz CT molecular complexity index is 679. The van der Waals surface area contributed by atoms with E-state index < -0.39 is 0 Å². The van der Waals surface area contributed by atoms with Gasteiger partial charge in [0.2, 0.25) is 5.88 Å². The minimum Gasteiger partial charge on any atom is -0.480 e. The summed E-state index contributed by atoms with van der Waals surface area (Å²) in [4.78, 5) is 20.4. The van der Waals surface area contributed by atoms with E-state index in [-0.39, 0.29) is 5.91 Å². The van der Waals surface area contributed by atoms with Crippen LogP contribution in [0.15, 0.2) is 12.1 Å². The third kappa shape index (κ3) is 3.34. The maximum atomic E-state index is 12.6.